The summed E-state index contributed by atoms with van der Waals surface area (Å²) in [5, 5.41) is 9.34. The first-order chi connectivity index (χ1) is 9.83. The second kappa shape index (κ2) is 4.61. The van der Waals surface area contributed by atoms with Gasteiger partial charge in [0, 0.05) is 24.7 Å². The minimum Gasteiger partial charge on any atom is -0.481 e. The third-order valence-corrected chi connectivity index (χ3v) is 4.69. The summed E-state index contributed by atoms with van der Waals surface area (Å²) < 4.78 is 39.2. The molecule has 4 nitrogen and oxygen atoms in total. The summed E-state index contributed by atoms with van der Waals surface area (Å²) >= 11 is 0. The Kier molecular flexibility index (Phi) is 3.11. The maximum Gasteiger partial charge on any atom is 0.419 e. The van der Waals surface area contributed by atoms with Crippen molar-refractivity contribution < 1.29 is 23.1 Å². The van der Waals surface area contributed by atoms with E-state index in [0.717, 1.165) is 25.3 Å². The zero-order chi connectivity index (χ0) is 15.3. The molecule has 1 atom stereocenters. The van der Waals surface area contributed by atoms with Gasteiger partial charge in [-0.2, -0.15) is 13.2 Å². The molecule has 1 aliphatic heterocycles. The van der Waals surface area contributed by atoms with Gasteiger partial charge in [-0.1, -0.05) is 6.42 Å². The van der Waals surface area contributed by atoms with Gasteiger partial charge in [-0.05, 0) is 25.0 Å². The molecule has 0 aromatic carbocycles. The van der Waals surface area contributed by atoms with Crippen molar-refractivity contribution in [1.29, 1.82) is 0 Å². The average Bonchev–Trinajstić information content (AvgIpc) is 2.78. The van der Waals surface area contributed by atoms with Crippen LogP contribution in [-0.4, -0.2) is 29.1 Å². The number of hydrogen-bond acceptors (Lipinski definition) is 3. The second-order valence-corrected chi connectivity index (χ2v) is 5.86. The molecule has 0 amide bonds. The first kappa shape index (κ1) is 14.2. The Morgan fingerprint density at radius 3 is 2.62 bits per heavy atom. The number of pyridine rings is 1. The van der Waals surface area contributed by atoms with E-state index in [0.29, 0.717) is 6.54 Å². The van der Waals surface area contributed by atoms with E-state index in [1.807, 2.05) is 0 Å². The van der Waals surface area contributed by atoms with Gasteiger partial charge in [0.25, 0.3) is 0 Å². The Hall–Kier alpha value is -1.79. The summed E-state index contributed by atoms with van der Waals surface area (Å²) in [6.45, 7) is 0.430. The van der Waals surface area contributed by atoms with Crippen LogP contribution in [0.15, 0.2) is 18.3 Å². The minimum atomic E-state index is -4.49. The van der Waals surface area contributed by atoms with Crippen LogP contribution in [0.3, 0.4) is 0 Å². The molecule has 114 valence electrons. The summed E-state index contributed by atoms with van der Waals surface area (Å²) in [5.41, 5.74) is -1.18. The molecule has 7 heteroatoms. The Labute approximate surface area is 119 Å². The van der Waals surface area contributed by atoms with Crippen LogP contribution in [0.4, 0.5) is 19.0 Å². The highest BCUT2D eigenvalue weighted by Crippen LogP contribution is 2.53. The molecule has 1 saturated carbocycles. The number of hydrogen-bond donors (Lipinski definition) is 1. The van der Waals surface area contributed by atoms with Crippen LogP contribution < -0.4 is 4.90 Å². The van der Waals surface area contributed by atoms with E-state index in [1.165, 1.54) is 17.2 Å². The molecule has 1 saturated heterocycles. The maximum absolute atomic E-state index is 13.1. The van der Waals surface area contributed by atoms with Crippen LogP contribution in [0.2, 0.25) is 0 Å². The summed E-state index contributed by atoms with van der Waals surface area (Å²) in [7, 11) is 0. The quantitative estimate of drug-likeness (QED) is 0.912. The lowest BCUT2D eigenvalue weighted by Gasteiger charge is -2.41. The van der Waals surface area contributed by atoms with Gasteiger partial charge < -0.3 is 10.0 Å². The van der Waals surface area contributed by atoms with Crippen LogP contribution in [0.25, 0.3) is 0 Å². The number of alkyl halides is 3. The number of aromatic nitrogens is 1. The van der Waals surface area contributed by atoms with Crippen molar-refractivity contribution in [3.63, 3.8) is 0 Å². The molecular weight excluding hydrogens is 285 g/mol. The third-order valence-electron chi connectivity index (χ3n) is 4.69. The van der Waals surface area contributed by atoms with Gasteiger partial charge >= 0.3 is 12.1 Å². The fraction of sp³-hybridized carbons (Fsp3) is 0.571. The van der Waals surface area contributed by atoms with E-state index in [1.54, 1.807) is 0 Å². The van der Waals surface area contributed by atoms with Crippen LogP contribution in [-0.2, 0) is 11.0 Å². The maximum atomic E-state index is 13.1. The largest absolute Gasteiger partial charge is 0.481 e. The highest BCUT2D eigenvalue weighted by atomic mass is 19.4. The van der Waals surface area contributed by atoms with Crippen LogP contribution >= 0.6 is 0 Å². The molecule has 1 spiro atoms. The SMILES string of the molecule is O=C(O)C1CN(c2ncccc2C(F)(F)F)CC12CCC2. The summed E-state index contributed by atoms with van der Waals surface area (Å²) in [6, 6.07) is 2.24. The number of anilines is 1. The van der Waals surface area contributed by atoms with Gasteiger partial charge in [0.2, 0.25) is 0 Å². The minimum absolute atomic E-state index is 0.0927. The highest BCUT2D eigenvalue weighted by molar-refractivity contribution is 5.74. The number of rotatable bonds is 2. The normalized spacial score (nSPS) is 24.1. The molecule has 0 bridgehead atoms. The lowest BCUT2D eigenvalue weighted by atomic mass is 9.63. The van der Waals surface area contributed by atoms with Crippen molar-refractivity contribution >= 4 is 11.8 Å². The fourth-order valence-corrected chi connectivity index (χ4v) is 3.48. The molecule has 3 rings (SSSR count). The molecule has 0 radical (unpaired) electrons. The molecule has 1 N–H and O–H groups in total. The highest BCUT2D eigenvalue weighted by Gasteiger charge is 2.54. The summed E-state index contributed by atoms with van der Waals surface area (Å²) in [4.78, 5) is 16.7. The first-order valence-electron chi connectivity index (χ1n) is 6.83. The van der Waals surface area contributed by atoms with Crippen LogP contribution in [0.5, 0.6) is 0 Å². The molecule has 1 aromatic heterocycles. The molecule has 2 heterocycles. The van der Waals surface area contributed by atoms with Crippen LogP contribution in [0.1, 0.15) is 24.8 Å². The Morgan fingerprint density at radius 2 is 2.14 bits per heavy atom. The van der Waals surface area contributed by atoms with Crippen molar-refractivity contribution in [3.8, 4) is 0 Å². The zero-order valence-corrected chi connectivity index (χ0v) is 11.2. The number of aliphatic carboxylic acids is 1. The Balaban J connectivity index is 1.95. The van der Waals surface area contributed by atoms with Gasteiger partial charge in [0.15, 0.2) is 0 Å². The van der Waals surface area contributed by atoms with Crippen molar-refractivity contribution in [2.24, 2.45) is 11.3 Å². The Bertz CT molecular complexity index is 570. The second-order valence-electron chi connectivity index (χ2n) is 5.86. The molecule has 1 unspecified atom stereocenters. The number of halogens is 3. The third kappa shape index (κ3) is 2.24. The van der Waals surface area contributed by atoms with Crippen molar-refractivity contribution in [2.75, 3.05) is 18.0 Å². The van der Waals surface area contributed by atoms with Gasteiger partial charge in [0.05, 0.1) is 11.5 Å². The number of carboxylic acid groups (broad SMARTS) is 1. The molecule has 2 fully saturated rings. The molecule has 1 aromatic rings. The number of carboxylic acids is 1. The molecule has 2 aliphatic rings. The van der Waals surface area contributed by atoms with Crippen molar-refractivity contribution in [3.05, 3.63) is 23.9 Å². The monoisotopic (exact) mass is 300 g/mol. The van der Waals surface area contributed by atoms with Gasteiger partial charge in [-0.15, -0.1) is 0 Å². The van der Waals surface area contributed by atoms with E-state index in [4.69, 9.17) is 0 Å². The van der Waals surface area contributed by atoms with E-state index >= 15 is 0 Å². The summed E-state index contributed by atoms with van der Waals surface area (Å²) in [5.74, 6) is -1.70. The van der Waals surface area contributed by atoms with Gasteiger partial charge in [-0.3, -0.25) is 4.79 Å². The lowest BCUT2D eigenvalue weighted by molar-refractivity contribution is -0.146. The lowest BCUT2D eigenvalue weighted by Crippen LogP contribution is -2.40. The molecule has 21 heavy (non-hydrogen) atoms. The smallest absolute Gasteiger partial charge is 0.419 e. The van der Waals surface area contributed by atoms with E-state index in [9.17, 15) is 23.1 Å². The van der Waals surface area contributed by atoms with Crippen molar-refractivity contribution in [1.82, 2.24) is 4.98 Å². The predicted octanol–water partition coefficient (Wildman–Crippen LogP) is 2.79. The van der Waals surface area contributed by atoms with E-state index < -0.39 is 23.6 Å². The average molecular weight is 300 g/mol. The number of nitrogens with zero attached hydrogens (tertiary/aromatic N) is 2. The predicted molar refractivity (Wildman–Crippen MR) is 68.9 cm³/mol. The van der Waals surface area contributed by atoms with Gasteiger partial charge in [-0.25, -0.2) is 4.98 Å². The number of carbonyl (C=O) groups is 1. The van der Waals surface area contributed by atoms with E-state index in [2.05, 4.69) is 4.98 Å². The van der Waals surface area contributed by atoms with Gasteiger partial charge in [0.1, 0.15) is 5.82 Å². The van der Waals surface area contributed by atoms with Crippen molar-refractivity contribution in [2.45, 2.75) is 25.4 Å². The fourth-order valence-electron chi connectivity index (χ4n) is 3.48. The Morgan fingerprint density at radius 1 is 1.43 bits per heavy atom. The topological polar surface area (TPSA) is 53.4 Å². The van der Waals surface area contributed by atoms with Crippen LogP contribution in [0, 0.1) is 11.3 Å². The first-order valence-corrected chi connectivity index (χ1v) is 6.83. The molecule has 1 aliphatic carbocycles. The molecular formula is C14H15F3N2O2. The standard InChI is InChI=1S/C14H15F3N2O2/c15-14(16,17)9-3-1-6-18-11(9)19-7-10(12(20)21)13(8-19)4-2-5-13/h1,3,6,10H,2,4-5,7-8H2,(H,20,21). The van der Waals surface area contributed by atoms with E-state index in [-0.39, 0.29) is 17.8 Å². The summed E-state index contributed by atoms with van der Waals surface area (Å²) in [6.07, 6.45) is -0.723. The zero-order valence-electron chi connectivity index (χ0n) is 11.2.